The Morgan fingerprint density at radius 1 is 1.88 bits per heavy atom. The first kappa shape index (κ1) is 5.98. The van der Waals surface area contributed by atoms with Gasteiger partial charge in [0.15, 0.2) is 0 Å². The molecule has 0 aliphatic carbocycles. The summed E-state index contributed by atoms with van der Waals surface area (Å²) in [5.41, 5.74) is 0. The Morgan fingerprint density at radius 2 is 2.62 bits per heavy atom. The van der Waals surface area contributed by atoms with Gasteiger partial charge in [0.05, 0.1) is 19.4 Å². The summed E-state index contributed by atoms with van der Waals surface area (Å²) in [7, 11) is 0. The van der Waals surface area contributed by atoms with Crippen LogP contribution < -0.4 is 5.32 Å². The van der Waals surface area contributed by atoms with Gasteiger partial charge in [0.1, 0.15) is 6.17 Å². The lowest BCUT2D eigenvalue weighted by molar-refractivity contribution is 0.179. The minimum absolute atomic E-state index is 0.0741. The molecular formula is C5H10FNO. The number of ether oxygens (including phenoxy) is 1. The average molecular weight is 119 g/mol. The molecule has 2 nitrogen and oxygen atoms in total. The topological polar surface area (TPSA) is 21.3 Å². The van der Waals surface area contributed by atoms with E-state index in [9.17, 15) is 4.39 Å². The van der Waals surface area contributed by atoms with Crippen molar-refractivity contribution in [2.45, 2.75) is 19.1 Å². The predicted molar refractivity (Wildman–Crippen MR) is 28.3 cm³/mol. The second kappa shape index (κ2) is 2.42. The highest BCUT2D eigenvalue weighted by Gasteiger charge is 2.20. The summed E-state index contributed by atoms with van der Waals surface area (Å²) in [5.74, 6) is 0. The number of alkyl halides is 1. The van der Waals surface area contributed by atoms with E-state index in [1.54, 1.807) is 0 Å². The number of nitrogens with one attached hydrogen (secondary N) is 1. The second-order valence-electron chi connectivity index (χ2n) is 2.00. The van der Waals surface area contributed by atoms with E-state index in [0.29, 0.717) is 13.3 Å². The summed E-state index contributed by atoms with van der Waals surface area (Å²) in [6.07, 6.45) is -0.794. The van der Waals surface area contributed by atoms with Gasteiger partial charge in [0, 0.05) is 0 Å². The Kier molecular flexibility index (Phi) is 1.81. The third-order valence-corrected chi connectivity index (χ3v) is 1.30. The zero-order valence-electron chi connectivity index (χ0n) is 4.86. The van der Waals surface area contributed by atoms with Crippen LogP contribution in [0, 0.1) is 0 Å². The van der Waals surface area contributed by atoms with Crippen LogP contribution in [0.5, 0.6) is 0 Å². The van der Waals surface area contributed by atoms with E-state index in [-0.39, 0.29) is 6.04 Å². The van der Waals surface area contributed by atoms with Gasteiger partial charge in [-0.15, -0.1) is 0 Å². The molecule has 0 saturated carbocycles. The van der Waals surface area contributed by atoms with Crippen LogP contribution >= 0.6 is 0 Å². The van der Waals surface area contributed by atoms with Crippen molar-refractivity contribution in [3.05, 3.63) is 0 Å². The van der Waals surface area contributed by atoms with Crippen LogP contribution in [-0.4, -0.2) is 25.6 Å². The van der Waals surface area contributed by atoms with E-state index in [4.69, 9.17) is 4.74 Å². The fraction of sp³-hybridized carbons (Fsp3) is 1.00. The van der Waals surface area contributed by atoms with Crippen molar-refractivity contribution in [3.63, 3.8) is 0 Å². The summed E-state index contributed by atoms with van der Waals surface area (Å²) in [6, 6.07) is -0.0741. The normalized spacial score (nSPS) is 33.0. The van der Waals surface area contributed by atoms with E-state index in [1.165, 1.54) is 6.92 Å². The summed E-state index contributed by atoms with van der Waals surface area (Å²) in [4.78, 5) is 0. The minimum atomic E-state index is -0.794. The second-order valence-corrected chi connectivity index (χ2v) is 2.00. The van der Waals surface area contributed by atoms with E-state index >= 15 is 0 Å². The maximum Gasteiger partial charge on any atom is 0.115 e. The number of hydrogen-bond donors (Lipinski definition) is 1. The average Bonchev–Trinajstić information content (AvgIpc) is 2.12. The Morgan fingerprint density at radius 3 is 2.88 bits per heavy atom. The Balaban J connectivity index is 2.24. The maximum atomic E-state index is 12.3. The molecule has 1 fully saturated rings. The summed E-state index contributed by atoms with van der Waals surface area (Å²) in [6.45, 7) is 2.54. The SMILES string of the molecule is CC(F)[C@H]1COCN1. The third kappa shape index (κ3) is 1.17. The fourth-order valence-electron chi connectivity index (χ4n) is 0.706. The molecule has 48 valence electrons. The van der Waals surface area contributed by atoms with E-state index in [0.717, 1.165) is 0 Å². The van der Waals surface area contributed by atoms with Crippen molar-refractivity contribution in [1.82, 2.24) is 5.32 Å². The van der Waals surface area contributed by atoms with Crippen molar-refractivity contribution in [3.8, 4) is 0 Å². The van der Waals surface area contributed by atoms with Crippen LogP contribution in [0.2, 0.25) is 0 Å². The van der Waals surface area contributed by atoms with Gasteiger partial charge in [-0.3, -0.25) is 5.32 Å². The first-order valence-electron chi connectivity index (χ1n) is 2.76. The molecule has 1 aliphatic rings. The van der Waals surface area contributed by atoms with Crippen LogP contribution in [0.15, 0.2) is 0 Å². The maximum absolute atomic E-state index is 12.3. The molecule has 0 aromatic rings. The molecule has 0 aromatic heterocycles. The lowest BCUT2D eigenvalue weighted by Crippen LogP contribution is -2.31. The van der Waals surface area contributed by atoms with Gasteiger partial charge in [-0.2, -0.15) is 0 Å². The molecule has 0 aromatic carbocycles. The Hall–Kier alpha value is -0.150. The molecule has 2 atom stereocenters. The molecule has 0 bridgehead atoms. The first-order chi connectivity index (χ1) is 3.80. The minimum Gasteiger partial charge on any atom is -0.365 e. The quantitative estimate of drug-likeness (QED) is 0.535. The molecule has 1 unspecified atom stereocenters. The van der Waals surface area contributed by atoms with Crippen molar-refractivity contribution in [2.75, 3.05) is 13.3 Å². The van der Waals surface area contributed by atoms with Crippen LogP contribution in [0.3, 0.4) is 0 Å². The van der Waals surface area contributed by atoms with Gasteiger partial charge >= 0.3 is 0 Å². The number of hydrogen-bond acceptors (Lipinski definition) is 2. The standard InChI is InChI=1S/C5H10FNO/c1-4(6)5-2-8-3-7-5/h4-5,7H,2-3H2,1H3/t4?,5-/m1/s1. The zero-order chi connectivity index (χ0) is 5.98. The molecule has 0 radical (unpaired) electrons. The van der Waals surface area contributed by atoms with Gasteiger partial charge in [-0.25, -0.2) is 4.39 Å². The molecule has 1 aliphatic heterocycles. The smallest absolute Gasteiger partial charge is 0.115 e. The van der Waals surface area contributed by atoms with E-state index in [2.05, 4.69) is 5.32 Å². The zero-order valence-corrected chi connectivity index (χ0v) is 4.86. The molecule has 8 heavy (non-hydrogen) atoms. The van der Waals surface area contributed by atoms with E-state index in [1.807, 2.05) is 0 Å². The van der Waals surface area contributed by atoms with Crippen molar-refractivity contribution in [1.29, 1.82) is 0 Å². The first-order valence-corrected chi connectivity index (χ1v) is 2.76. The molecule has 1 N–H and O–H groups in total. The highest BCUT2D eigenvalue weighted by molar-refractivity contribution is 4.74. The van der Waals surface area contributed by atoms with Crippen LogP contribution in [0.1, 0.15) is 6.92 Å². The molecule has 0 spiro atoms. The van der Waals surface area contributed by atoms with Crippen LogP contribution in [0.25, 0.3) is 0 Å². The van der Waals surface area contributed by atoms with Crippen LogP contribution in [0.4, 0.5) is 4.39 Å². The highest BCUT2D eigenvalue weighted by Crippen LogP contribution is 2.02. The molecule has 1 rings (SSSR count). The van der Waals surface area contributed by atoms with Crippen molar-refractivity contribution < 1.29 is 9.13 Å². The summed E-state index contributed by atoms with van der Waals surface area (Å²) < 4.78 is 17.1. The van der Waals surface area contributed by atoms with Gasteiger partial charge < -0.3 is 4.74 Å². The van der Waals surface area contributed by atoms with E-state index < -0.39 is 6.17 Å². The molecule has 0 amide bonds. The number of rotatable bonds is 1. The van der Waals surface area contributed by atoms with Gasteiger partial charge in [0.2, 0.25) is 0 Å². The van der Waals surface area contributed by atoms with Crippen LogP contribution in [-0.2, 0) is 4.74 Å². The molecule has 1 heterocycles. The predicted octanol–water partition coefficient (Wildman–Crippen LogP) is 0.290. The van der Waals surface area contributed by atoms with Crippen molar-refractivity contribution >= 4 is 0 Å². The summed E-state index contributed by atoms with van der Waals surface area (Å²) >= 11 is 0. The summed E-state index contributed by atoms with van der Waals surface area (Å²) in [5, 5.41) is 2.86. The molecule has 3 heteroatoms. The Bertz CT molecular complexity index is 70.8. The van der Waals surface area contributed by atoms with Gasteiger partial charge in [-0.1, -0.05) is 0 Å². The highest BCUT2D eigenvalue weighted by atomic mass is 19.1. The van der Waals surface area contributed by atoms with Gasteiger partial charge in [0.25, 0.3) is 0 Å². The molecular weight excluding hydrogens is 109 g/mol. The fourth-order valence-corrected chi connectivity index (χ4v) is 0.706. The Labute approximate surface area is 48.0 Å². The largest absolute Gasteiger partial charge is 0.365 e. The lowest BCUT2D eigenvalue weighted by Gasteiger charge is -2.06. The third-order valence-electron chi connectivity index (χ3n) is 1.30. The van der Waals surface area contributed by atoms with Crippen molar-refractivity contribution in [2.24, 2.45) is 0 Å². The lowest BCUT2D eigenvalue weighted by atomic mass is 10.2. The number of halogens is 1. The van der Waals surface area contributed by atoms with Gasteiger partial charge in [-0.05, 0) is 6.92 Å². The molecule has 1 saturated heterocycles. The monoisotopic (exact) mass is 119 g/mol.